The molecule has 0 N–H and O–H groups in total. The number of hydrogen-bond acceptors (Lipinski definition) is 3. The summed E-state index contributed by atoms with van der Waals surface area (Å²) in [5, 5.41) is 0. The highest BCUT2D eigenvalue weighted by Crippen LogP contribution is 2.21. The zero-order chi connectivity index (χ0) is 12.1. The molecule has 0 aliphatic carbocycles. The first-order chi connectivity index (χ1) is 8.28. The van der Waals surface area contributed by atoms with Gasteiger partial charge in [-0.15, -0.1) is 6.58 Å². The van der Waals surface area contributed by atoms with E-state index in [-0.39, 0.29) is 12.2 Å². The first-order valence-electron chi connectivity index (χ1n) is 5.80. The maximum absolute atomic E-state index is 11.3. The van der Waals surface area contributed by atoms with Gasteiger partial charge in [-0.05, 0) is 5.56 Å². The zero-order valence-electron chi connectivity index (χ0n) is 9.67. The van der Waals surface area contributed by atoms with E-state index in [9.17, 15) is 4.79 Å². The largest absolute Gasteiger partial charge is 0.508 e. The molecule has 0 spiro atoms. The quantitative estimate of drug-likeness (QED) is 0.591. The van der Waals surface area contributed by atoms with E-state index in [1.54, 1.807) is 6.08 Å². The highest BCUT2D eigenvalue weighted by molar-refractivity contribution is 5.61. The van der Waals surface area contributed by atoms with Crippen LogP contribution in [0.5, 0.6) is 0 Å². The molecule has 1 aliphatic rings. The highest BCUT2D eigenvalue weighted by atomic mass is 16.7. The van der Waals surface area contributed by atoms with Crippen molar-refractivity contribution in [3.8, 4) is 0 Å². The highest BCUT2D eigenvalue weighted by Gasteiger charge is 2.28. The molecule has 1 aromatic carbocycles. The average molecular weight is 232 g/mol. The minimum absolute atomic E-state index is 0.0939. The lowest BCUT2D eigenvalue weighted by atomic mass is 10.0. The number of benzene rings is 1. The average Bonchev–Trinajstić information content (AvgIpc) is 2.30. The van der Waals surface area contributed by atoms with Gasteiger partial charge in [0.1, 0.15) is 12.2 Å². The predicted octanol–water partition coefficient (Wildman–Crippen LogP) is 3.10. The Bertz CT molecular complexity index is 386. The Morgan fingerprint density at radius 2 is 1.94 bits per heavy atom. The molecule has 0 amide bonds. The van der Waals surface area contributed by atoms with Crippen molar-refractivity contribution < 1.29 is 14.3 Å². The third-order valence-corrected chi connectivity index (χ3v) is 2.79. The van der Waals surface area contributed by atoms with Crippen molar-refractivity contribution >= 4 is 6.16 Å². The number of ether oxygens (including phenoxy) is 2. The van der Waals surface area contributed by atoms with E-state index in [4.69, 9.17) is 9.47 Å². The van der Waals surface area contributed by atoms with E-state index in [0.717, 1.165) is 12.8 Å². The summed E-state index contributed by atoms with van der Waals surface area (Å²) in [4.78, 5) is 11.3. The molecule has 1 aromatic rings. The van der Waals surface area contributed by atoms with Crippen molar-refractivity contribution in [2.24, 2.45) is 0 Å². The normalized spacial score (nSPS) is 23.6. The van der Waals surface area contributed by atoms with Crippen molar-refractivity contribution in [3.63, 3.8) is 0 Å². The molecule has 90 valence electrons. The van der Waals surface area contributed by atoms with Gasteiger partial charge in [0.2, 0.25) is 0 Å². The second-order valence-corrected chi connectivity index (χ2v) is 4.18. The third kappa shape index (κ3) is 3.34. The summed E-state index contributed by atoms with van der Waals surface area (Å²) in [7, 11) is 0. The van der Waals surface area contributed by atoms with Crippen LogP contribution in [0, 0.1) is 0 Å². The fourth-order valence-electron chi connectivity index (χ4n) is 2.02. The Morgan fingerprint density at radius 1 is 1.24 bits per heavy atom. The van der Waals surface area contributed by atoms with Crippen LogP contribution in [0.2, 0.25) is 0 Å². The molecular weight excluding hydrogens is 216 g/mol. The predicted molar refractivity (Wildman–Crippen MR) is 64.7 cm³/mol. The fourth-order valence-corrected chi connectivity index (χ4v) is 2.02. The molecule has 1 saturated heterocycles. The Hall–Kier alpha value is -1.77. The minimum atomic E-state index is -0.566. The van der Waals surface area contributed by atoms with E-state index in [0.29, 0.717) is 6.42 Å². The zero-order valence-corrected chi connectivity index (χ0v) is 9.67. The molecular formula is C14H16O3. The van der Waals surface area contributed by atoms with Crippen LogP contribution in [0.1, 0.15) is 18.4 Å². The lowest BCUT2D eigenvalue weighted by Gasteiger charge is -2.28. The summed E-state index contributed by atoms with van der Waals surface area (Å²) in [5.74, 6) is 0. The molecule has 0 unspecified atom stereocenters. The monoisotopic (exact) mass is 232 g/mol. The Balaban J connectivity index is 1.96. The van der Waals surface area contributed by atoms with Gasteiger partial charge in [0.05, 0.1) is 0 Å². The molecule has 0 bridgehead atoms. The fraction of sp³-hybridized carbons (Fsp3) is 0.357. The van der Waals surface area contributed by atoms with Gasteiger partial charge < -0.3 is 9.47 Å². The number of hydrogen-bond donors (Lipinski definition) is 0. The molecule has 1 heterocycles. The standard InChI is InChI=1S/C14H16O3/c1-2-6-12-10-13(17-14(15)16-12)9-11-7-4-3-5-8-11/h2-5,7-8,12-13H,1,6,9-10H2/t12-,13-/m0/s1. The first-order valence-corrected chi connectivity index (χ1v) is 5.80. The van der Waals surface area contributed by atoms with E-state index in [1.807, 2.05) is 30.3 Å². The summed E-state index contributed by atoms with van der Waals surface area (Å²) in [6, 6.07) is 10.0. The molecule has 1 aliphatic heterocycles. The summed E-state index contributed by atoms with van der Waals surface area (Å²) in [5.41, 5.74) is 1.17. The Kier molecular flexibility index (Phi) is 3.81. The third-order valence-electron chi connectivity index (χ3n) is 2.79. The van der Waals surface area contributed by atoms with Gasteiger partial charge in [-0.3, -0.25) is 0 Å². The van der Waals surface area contributed by atoms with Crippen LogP contribution in [0.15, 0.2) is 43.0 Å². The summed E-state index contributed by atoms with van der Waals surface area (Å²) in [6.07, 6.45) is 3.16. The smallest absolute Gasteiger partial charge is 0.430 e. The topological polar surface area (TPSA) is 35.5 Å². The molecule has 3 nitrogen and oxygen atoms in total. The van der Waals surface area contributed by atoms with Gasteiger partial charge in [-0.25, -0.2) is 4.79 Å². The van der Waals surface area contributed by atoms with Crippen LogP contribution >= 0.6 is 0 Å². The van der Waals surface area contributed by atoms with Gasteiger partial charge >= 0.3 is 6.16 Å². The molecule has 3 heteroatoms. The number of cyclic esters (lactones) is 2. The van der Waals surface area contributed by atoms with Gasteiger partial charge in [-0.1, -0.05) is 36.4 Å². The molecule has 2 rings (SSSR count). The van der Waals surface area contributed by atoms with Crippen LogP contribution in [-0.2, 0) is 15.9 Å². The van der Waals surface area contributed by atoms with Crippen molar-refractivity contribution in [1.29, 1.82) is 0 Å². The van der Waals surface area contributed by atoms with Gasteiger partial charge in [0, 0.05) is 19.3 Å². The lowest BCUT2D eigenvalue weighted by Crippen LogP contribution is -2.35. The van der Waals surface area contributed by atoms with E-state index in [2.05, 4.69) is 6.58 Å². The summed E-state index contributed by atoms with van der Waals surface area (Å²) >= 11 is 0. The van der Waals surface area contributed by atoms with Gasteiger partial charge in [0.15, 0.2) is 0 Å². The SMILES string of the molecule is C=CC[C@H]1C[C@H](Cc2ccccc2)OC(=O)O1. The summed E-state index contributed by atoms with van der Waals surface area (Å²) < 4.78 is 10.2. The molecule has 0 aromatic heterocycles. The van der Waals surface area contributed by atoms with Crippen LogP contribution < -0.4 is 0 Å². The Labute approximate surface area is 101 Å². The number of rotatable bonds is 4. The second-order valence-electron chi connectivity index (χ2n) is 4.18. The van der Waals surface area contributed by atoms with Crippen molar-refractivity contribution in [3.05, 3.63) is 48.6 Å². The van der Waals surface area contributed by atoms with Crippen LogP contribution in [0.4, 0.5) is 4.79 Å². The minimum Gasteiger partial charge on any atom is -0.430 e. The van der Waals surface area contributed by atoms with E-state index < -0.39 is 6.16 Å². The maximum Gasteiger partial charge on any atom is 0.508 e. The van der Waals surface area contributed by atoms with Crippen LogP contribution in [-0.4, -0.2) is 18.4 Å². The molecule has 0 saturated carbocycles. The second kappa shape index (κ2) is 5.53. The number of carbonyl (C=O) groups is 1. The van der Waals surface area contributed by atoms with Crippen molar-refractivity contribution in [2.75, 3.05) is 0 Å². The van der Waals surface area contributed by atoms with Crippen LogP contribution in [0.25, 0.3) is 0 Å². The lowest BCUT2D eigenvalue weighted by molar-refractivity contribution is -0.0579. The molecule has 2 atom stereocenters. The molecule has 1 fully saturated rings. The first kappa shape index (κ1) is 11.7. The van der Waals surface area contributed by atoms with E-state index >= 15 is 0 Å². The van der Waals surface area contributed by atoms with Crippen molar-refractivity contribution in [2.45, 2.75) is 31.5 Å². The van der Waals surface area contributed by atoms with Crippen molar-refractivity contribution in [1.82, 2.24) is 0 Å². The molecule has 0 radical (unpaired) electrons. The molecule has 17 heavy (non-hydrogen) atoms. The van der Waals surface area contributed by atoms with E-state index in [1.165, 1.54) is 5.56 Å². The number of carbonyl (C=O) groups excluding carboxylic acids is 1. The van der Waals surface area contributed by atoms with Gasteiger partial charge in [0.25, 0.3) is 0 Å². The van der Waals surface area contributed by atoms with Gasteiger partial charge in [-0.2, -0.15) is 0 Å². The van der Waals surface area contributed by atoms with Crippen LogP contribution in [0.3, 0.4) is 0 Å². The maximum atomic E-state index is 11.3. The Morgan fingerprint density at radius 3 is 2.65 bits per heavy atom. The summed E-state index contributed by atoms with van der Waals surface area (Å²) in [6.45, 7) is 3.66.